The van der Waals surface area contributed by atoms with E-state index in [1.807, 2.05) is 60.7 Å². The summed E-state index contributed by atoms with van der Waals surface area (Å²) in [6, 6.07) is 26.0. The molecular weight excluding hydrogens is 422 g/mol. The number of benzene rings is 3. The summed E-state index contributed by atoms with van der Waals surface area (Å²) in [5.74, 6) is -0.336. The van der Waals surface area contributed by atoms with Crippen LogP contribution in [0.5, 0.6) is 0 Å². The maximum atomic E-state index is 12.9. The minimum Gasteiger partial charge on any atom is -0.359 e. The van der Waals surface area contributed by atoms with Gasteiger partial charge in [0.15, 0.2) is 9.84 Å². The Balaban J connectivity index is 1.44. The number of rotatable bonds is 8. The average molecular weight is 450 g/mol. The SMILES string of the molecule is O=C(COC(c1ccccc1)c1ccccc1)Nc1cccc(S(=O)(=O)C2CCCC2)c1. The Kier molecular flexibility index (Phi) is 7.02. The smallest absolute Gasteiger partial charge is 0.250 e. The van der Waals surface area contributed by atoms with Crippen LogP contribution >= 0.6 is 0 Å². The highest BCUT2D eigenvalue weighted by Gasteiger charge is 2.30. The van der Waals surface area contributed by atoms with Crippen LogP contribution in [-0.2, 0) is 19.4 Å². The van der Waals surface area contributed by atoms with Crippen LogP contribution in [0.15, 0.2) is 89.8 Å². The van der Waals surface area contributed by atoms with Crippen LogP contribution in [0.4, 0.5) is 5.69 Å². The quantitative estimate of drug-likeness (QED) is 0.516. The molecule has 3 aromatic carbocycles. The lowest BCUT2D eigenvalue weighted by molar-refractivity contribution is -0.121. The number of carbonyl (C=O) groups excluding carboxylic acids is 1. The zero-order valence-electron chi connectivity index (χ0n) is 17.8. The molecule has 1 amide bonds. The molecule has 0 bridgehead atoms. The third kappa shape index (κ3) is 5.26. The predicted molar refractivity (Wildman–Crippen MR) is 125 cm³/mol. The van der Waals surface area contributed by atoms with E-state index >= 15 is 0 Å². The van der Waals surface area contributed by atoms with E-state index in [4.69, 9.17) is 4.74 Å². The van der Waals surface area contributed by atoms with Gasteiger partial charge in [-0.25, -0.2) is 8.42 Å². The standard InChI is InChI=1S/C26H27NO4S/c28-25(19-31-26(20-10-3-1-4-11-20)21-12-5-2-6-13-21)27-22-14-9-17-24(18-22)32(29,30)23-15-7-8-16-23/h1-6,9-14,17-18,23,26H,7-8,15-16,19H2,(H,27,28). The summed E-state index contributed by atoms with van der Waals surface area (Å²) in [4.78, 5) is 12.9. The molecule has 0 saturated heterocycles. The molecule has 32 heavy (non-hydrogen) atoms. The van der Waals surface area contributed by atoms with Crippen LogP contribution in [0.3, 0.4) is 0 Å². The van der Waals surface area contributed by atoms with Crippen molar-refractivity contribution >= 4 is 21.4 Å². The number of hydrogen-bond acceptors (Lipinski definition) is 4. The molecule has 0 spiro atoms. The number of ether oxygens (including phenoxy) is 1. The number of amides is 1. The Morgan fingerprint density at radius 1 is 0.875 bits per heavy atom. The molecule has 0 atom stereocenters. The van der Waals surface area contributed by atoms with Crippen molar-refractivity contribution in [3.63, 3.8) is 0 Å². The van der Waals surface area contributed by atoms with Gasteiger partial charge in [-0.15, -0.1) is 0 Å². The van der Waals surface area contributed by atoms with E-state index in [0.717, 1.165) is 24.0 Å². The fourth-order valence-electron chi connectivity index (χ4n) is 4.14. The van der Waals surface area contributed by atoms with Crippen molar-refractivity contribution in [1.29, 1.82) is 0 Å². The van der Waals surface area contributed by atoms with Crippen molar-refractivity contribution < 1.29 is 17.9 Å². The highest BCUT2D eigenvalue weighted by atomic mass is 32.2. The molecule has 0 heterocycles. The molecule has 0 aromatic heterocycles. The molecule has 0 radical (unpaired) electrons. The molecule has 5 nitrogen and oxygen atoms in total. The van der Waals surface area contributed by atoms with Crippen LogP contribution in [0.25, 0.3) is 0 Å². The molecule has 0 aliphatic heterocycles. The Bertz CT molecular complexity index is 1100. The van der Waals surface area contributed by atoms with Crippen molar-refractivity contribution in [2.24, 2.45) is 0 Å². The molecule has 1 aliphatic carbocycles. The van der Waals surface area contributed by atoms with Crippen LogP contribution in [0.1, 0.15) is 42.9 Å². The number of hydrogen-bond donors (Lipinski definition) is 1. The zero-order valence-corrected chi connectivity index (χ0v) is 18.6. The maximum absolute atomic E-state index is 12.9. The van der Waals surface area contributed by atoms with Crippen LogP contribution in [-0.4, -0.2) is 26.2 Å². The van der Waals surface area contributed by atoms with Gasteiger partial charge < -0.3 is 10.1 Å². The maximum Gasteiger partial charge on any atom is 0.250 e. The van der Waals surface area contributed by atoms with Gasteiger partial charge in [0.05, 0.1) is 10.1 Å². The summed E-state index contributed by atoms with van der Waals surface area (Å²) in [7, 11) is -3.38. The second kappa shape index (κ2) is 10.1. The molecule has 1 N–H and O–H groups in total. The van der Waals surface area contributed by atoms with E-state index < -0.39 is 9.84 Å². The van der Waals surface area contributed by atoms with Gasteiger partial charge in [-0.1, -0.05) is 79.6 Å². The minimum absolute atomic E-state index is 0.159. The van der Waals surface area contributed by atoms with E-state index in [2.05, 4.69) is 5.32 Å². The van der Waals surface area contributed by atoms with Crippen molar-refractivity contribution in [2.75, 3.05) is 11.9 Å². The third-order valence-corrected chi connectivity index (χ3v) is 8.03. The first-order valence-electron chi connectivity index (χ1n) is 10.9. The van der Waals surface area contributed by atoms with Gasteiger partial charge in [0.1, 0.15) is 12.7 Å². The summed E-state index contributed by atoms with van der Waals surface area (Å²) in [5.41, 5.74) is 2.36. The molecule has 1 aliphatic rings. The molecular formula is C26H27NO4S. The van der Waals surface area contributed by atoms with E-state index in [0.29, 0.717) is 18.5 Å². The van der Waals surface area contributed by atoms with Gasteiger partial charge in [-0.05, 0) is 42.2 Å². The highest BCUT2D eigenvalue weighted by molar-refractivity contribution is 7.92. The highest BCUT2D eigenvalue weighted by Crippen LogP contribution is 2.30. The minimum atomic E-state index is -3.38. The van der Waals surface area contributed by atoms with Crippen LogP contribution in [0, 0.1) is 0 Å². The van der Waals surface area contributed by atoms with Crippen LogP contribution in [0.2, 0.25) is 0 Å². The molecule has 6 heteroatoms. The number of carbonyl (C=O) groups is 1. The second-order valence-electron chi connectivity index (χ2n) is 8.04. The molecule has 1 fully saturated rings. The molecule has 0 unspecified atom stereocenters. The van der Waals surface area contributed by atoms with E-state index in [1.165, 1.54) is 6.07 Å². The van der Waals surface area contributed by atoms with E-state index in [-0.39, 0.29) is 28.8 Å². The topological polar surface area (TPSA) is 72.5 Å². The Hall–Kier alpha value is -2.96. The number of nitrogens with one attached hydrogen (secondary N) is 1. The largest absolute Gasteiger partial charge is 0.359 e. The van der Waals surface area contributed by atoms with Crippen molar-refractivity contribution in [2.45, 2.75) is 41.9 Å². The molecule has 4 rings (SSSR count). The predicted octanol–water partition coefficient (Wildman–Crippen LogP) is 5.15. The lowest BCUT2D eigenvalue weighted by Crippen LogP contribution is -2.21. The van der Waals surface area contributed by atoms with Crippen molar-refractivity contribution in [3.8, 4) is 0 Å². The summed E-state index contributed by atoms with van der Waals surface area (Å²) < 4.78 is 31.7. The fourth-order valence-corrected chi connectivity index (χ4v) is 6.04. The Morgan fingerprint density at radius 2 is 1.47 bits per heavy atom. The van der Waals surface area contributed by atoms with E-state index in [9.17, 15) is 13.2 Å². The lowest BCUT2D eigenvalue weighted by Gasteiger charge is -2.19. The first-order valence-corrected chi connectivity index (χ1v) is 12.4. The fraction of sp³-hybridized carbons (Fsp3) is 0.269. The molecule has 3 aromatic rings. The van der Waals surface area contributed by atoms with Gasteiger partial charge in [0, 0.05) is 5.69 Å². The summed E-state index contributed by atoms with van der Waals surface area (Å²) in [6.07, 6.45) is 2.92. The van der Waals surface area contributed by atoms with Crippen molar-refractivity contribution in [1.82, 2.24) is 0 Å². The first-order chi connectivity index (χ1) is 15.5. The van der Waals surface area contributed by atoms with Gasteiger partial charge in [-0.3, -0.25) is 4.79 Å². The van der Waals surface area contributed by atoms with Gasteiger partial charge in [0.25, 0.3) is 0 Å². The molecule has 166 valence electrons. The normalized spacial score (nSPS) is 14.5. The Labute approximate surface area is 189 Å². The van der Waals surface area contributed by atoms with Crippen molar-refractivity contribution in [3.05, 3.63) is 96.1 Å². The summed E-state index contributed by atoms with van der Waals surface area (Å²) in [5, 5.41) is 2.45. The summed E-state index contributed by atoms with van der Waals surface area (Å²) in [6.45, 7) is -0.159. The number of anilines is 1. The second-order valence-corrected chi connectivity index (χ2v) is 10.3. The van der Waals surface area contributed by atoms with E-state index in [1.54, 1.807) is 18.2 Å². The zero-order chi connectivity index (χ0) is 22.4. The monoisotopic (exact) mass is 449 g/mol. The third-order valence-electron chi connectivity index (χ3n) is 5.77. The van der Waals surface area contributed by atoms with Gasteiger partial charge in [0.2, 0.25) is 5.91 Å². The molecule has 1 saturated carbocycles. The van der Waals surface area contributed by atoms with Gasteiger partial charge in [-0.2, -0.15) is 0 Å². The summed E-state index contributed by atoms with van der Waals surface area (Å²) >= 11 is 0. The van der Waals surface area contributed by atoms with Gasteiger partial charge >= 0.3 is 0 Å². The average Bonchev–Trinajstić information content (AvgIpc) is 3.37. The first kappa shape index (κ1) is 22.2. The van der Waals surface area contributed by atoms with Crippen LogP contribution < -0.4 is 5.32 Å². The number of sulfone groups is 1. The lowest BCUT2D eigenvalue weighted by atomic mass is 10.0. The Morgan fingerprint density at radius 3 is 2.06 bits per heavy atom.